The Labute approximate surface area is 141 Å². The Balaban J connectivity index is 1.42. The van der Waals surface area contributed by atoms with E-state index in [0.29, 0.717) is 23.5 Å². The number of guanidine groups is 1. The van der Waals surface area contributed by atoms with E-state index < -0.39 is 0 Å². The van der Waals surface area contributed by atoms with Crippen molar-refractivity contribution in [1.29, 1.82) is 0 Å². The van der Waals surface area contributed by atoms with Crippen molar-refractivity contribution < 1.29 is 4.74 Å². The fraction of sp³-hybridized carbons (Fsp3) is 0.947. The second kappa shape index (κ2) is 5.65. The maximum absolute atomic E-state index is 5.93. The molecule has 0 radical (unpaired) electrons. The molecule has 4 fully saturated rings. The van der Waals surface area contributed by atoms with Crippen molar-refractivity contribution in [3.63, 3.8) is 0 Å². The molecule has 0 aromatic carbocycles. The minimum atomic E-state index is 0.222. The summed E-state index contributed by atoms with van der Waals surface area (Å²) in [7, 11) is 1.95. The van der Waals surface area contributed by atoms with Gasteiger partial charge in [-0.2, -0.15) is 0 Å². The van der Waals surface area contributed by atoms with Gasteiger partial charge < -0.3 is 15.0 Å². The van der Waals surface area contributed by atoms with Crippen LogP contribution >= 0.6 is 0 Å². The van der Waals surface area contributed by atoms with Gasteiger partial charge in [-0.05, 0) is 31.1 Å². The summed E-state index contributed by atoms with van der Waals surface area (Å²) in [5.41, 5.74) is 0.809. The van der Waals surface area contributed by atoms with Crippen LogP contribution in [0.4, 0.5) is 0 Å². The molecule has 2 heterocycles. The molecule has 1 N–H and O–H groups in total. The molecule has 130 valence electrons. The molecule has 2 saturated heterocycles. The monoisotopic (exact) mass is 319 g/mol. The molecule has 23 heavy (non-hydrogen) atoms. The first-order valence-electron chi connectivity index (χ1n) is 9.66. The second-order valence-corrected chi connectivity index (χ2v) is 8.97. The minimum Gasteiger partial charge on any atom is -0.377 e. The third-order valence-electron chi connectivity index (χ3n) is 7.25. The highest BCUT2D eigenvalue weighted by molar-refractivity contribution is 5.81. The van der Waals surface area contributed by atoms with Crippen LogP contribution < -0.4 is 5.32 Å². The Kier molecular flexibility index (Phi) is 3.86. The molecule has 4 nitrogen and oxygen atoms in total. The van der Waals surface area contributed by atoms with E-state index in [2.05, 4.69) is 29.1 Å². The van der Waals surface area contributed by atoms with Gasteiger partial charge in [-0.25, -0.2) is 0 Å². The van der Waals surface area contributed by atoms with Gasteiger partial charge in [0.15, 0.2) is 5.96 Å². The quantitative estimate of drug-likeness (QED) is 0.596. The lowest BCUT2D eigenvalue weighted by atomic mass is 9.57. The normalized spacial score (nSPS) is 38.5. The Bertz CT molecular complexity index is 481. The lowest BCUT2D eigenvalue weighted by molar-refractivity contribution is -0.107. The zero-order valence-corrected chi connectivity index (χ0v) is 15.1. The van der Waals surface area contributed by atoms with Gasteiger partial charge in [-0.15, -0.1) is 0 Å². The molecule has 4 rings (SSSR count). The summed E-state index contributed by atoms with van der Waals surface area (Å²) >= 11 is 0. The summed E-state index contributed by atoms with van der Waals surface area (Å²) < 4.78 is 5.93. The van der Waals surface area contributed by atoms with Crippen molar-refractivity contribution in [2.75, 3.05) is 26.7 Å². The lowest BCUT2D eigenvalue weighted by Crippen LogP contribution is -2.68. The number of nitrogens with one attached hydrogen (secondary N) is 1. The average molecular weight is 319 g/mol. The summed E-state index contributed by atoms with van der Waals surface area (Å²) in [5.74, 6) is 1.81. The van der Waals surface area contributed by atoms with Gasteiger partial charge in [0.05, 0.1) is 6.10 Å². The van der Waals surface area contributed by atoms with Crippen LogP contribution in [-0.4, -0.2) is 49.7 Å². The number of hydrogen-bond acceptors (Lipinski definition) is 2. The van der Waals surface area contributed by atoms with Crippen LogP contribution in [0, 0.1) is 16.7 Å². The van der Waals surface area contributed by atoms with Crippen LogP contribution in [0.15, 0.2) is 4.99 Å². The molecule has 1 spiro atoms. The zero-order chi connectivity index (χ0) is 16.1. The van der Waals surface area contributed by atoms with Crippen LogP contribution in [-0.2, 0) is 4.74 Å². The van der Waals surface area contributed by atoms with Crippen molar-refractivity contribution in [3.8, 4) is 0 Å². The molecular weight excluding hydrogens is 286 g/mol. The molecular formula is C19H33N3O. The summed E-state index contributed by atoms with van der Waals surface area (Å²) in [6.07, 6.45) is 10.1. The number of hydrogen-bond donors (Lipinski definition) is 1. The Morgan fingerprint density at radius 2 is 1.96 bits per heavy atom. The van der Waals surface area contributed by atoms with Crippen LogP contribution in [0.25, 0.3) is 0 Å². The third-order valence-corrected chi connectivity index (χ3v) is 7.25. The molecule has 2 aliphatic carbocycles. The zero-order valence-electron chi connectivity index (χ0n) is 15.1. The predicted molar refractivity (Wildman–Crippen MR) is 93.6 cm³/mol. The van der Waals surface area contributed by atoms with E-state index in [1.807, 2.05) is 7.05 Å². The first kappa shape index (κ1) is 15.7. The average Bonchev–Trinajstić information content (AvgIpc) is 3.16. The maximum Gasteiger partial charge on any atom is 0.193 e. The van der Waals surface area contributed by atoms with Crippen molar-refractivity contribution in [2.24, 2.45) is 21.7 Å². The van der Waals surface area contributed by atoms with E-state index in [0.717, 1.165) is 12.6 Å². The van der Waals surface area contributed by atoms with Gasteiger partial charge in [0.1, 0.15) is 0 Å². The molecule has 0 amide bonds. The van der Waals surface area contributed by atoms with E-state index >= 15 is 0 Å². The van der Waals surface area contributed by atoms with Crippen LogP contribution in [0.5, 0.6) is 0 Å². The first-order chi connectivity index (χ1) is 11.1. The number of aliphatic imine (C=N–C) groups is 1. The number of rotatable bonds is 1. The highest BCUT2D eigenvalue weighted by atomic mass is 16.5. The number of nitrogens with zero attached hydrogens (tertiary/aromatic N) is 2. The van der Waals surface area contributed by atoms with Crippen molar-refractivity contribution >= 4 is 5.96 Å². The predicted octanol–water partition coefficient (Wildman–Crippen LogP) is 3.03. The summed E-state index contributed by atoms with van der Waals surface area (Å²) in [6.45, 7) is 8.01. The lowest BCUT2D eigenvalue weighted by Gasteiger charge is -2.55. The molecule has 3 atom stereocenters. The third kappa shape index (κ3) is 2.48. The minimum absolute atomic E-state index is 0.222. The first-order valence-corrected chi connectivity index (χ1v) is 9.66. The van der Waals surface area contributed by atoms with E-state index in [9.17, 15) is 0 Å². The fourth-order valence-electron chi connectivity index (χ4n) is 5.88. The summed E-state index contributed by atoms with van der Waals surface area (Å²) in [6, 6.07) is 0.511. The van der Waals surface area contributed by atoms with E-state index in [1.54, 1.807) is 0 Å². The Morgan fingerprint density at radius 3 is 2.70 bits per heavy atom. The van der Waals surface area contributed by atoms with Gasteiger partial charge in [-0.3, -0.25) is 4.99 Å². The highest BCUT2D eigenvalue weighted by Gasteiger charge is 2.59. The van der Waals surface area contributed by atoms with Crippen LogP contribution in [0.2, 0.25) is 0 Å². The molecule has 0 aromatic heterocycles. The fourth-order valence-corrected chi connectivity index (χ4v) is 5.88. The number of ether oxygens (including phenoxy) is 1. The summed E-state index contributed by atoms with van der Waals surface area (Å²) in [5, 5.41) is 3.82. The molecule has 4 aliphatic rings. The van der Waals surface area contributed by atoms with Crippen molar-refractivity contribution in [3.05, 3.63) is 0 Å². The molecule has 3 unspecified atom stereocenters. The number of likely N-dealkylation sites (tertiary alicyclic amines) is 1. The van der Waals surface area contributed by atoms with Gasteiger partial charge in [0.2, 0.25) is 0 Å². The van der Waals surface area contributed by atoms with Crippen molar-refractivity contribution in [1.82, 2.24) is 10.2 Å². The molecule has 0 aromatic rings. The van der Waals surface area contributed by atoms with Gasteiger partial charge in [-0.1, -0.05) is 33.1 Å². The standard InChI is InChI=1S/C19H33N3O/c1-18(2)15(14-7-12-23-16(14)18)21-17(20-3)22-11-10-19(13-22)8-5-4-6-9-19/h14-16H,4-13H2,1-3H3,(H,20,21). The molecule has 2 saturated carbocycles. The van der Waals surface area contributed by atoms with E-state index in [-0.39, 0.29) is 5.41 Å². The molecule has 2 aliphatic heterocycles. The highest BCUT2D eigenvalue weighted by Crippen LogP contribution is 2.52. The Hall–Kier alpha value is -0.770. The largest absolute Gasteiger partial charge is 0.377 e. The Morgan fingerprint density at radius 1 is 1.17 bits per heavy atom. The van der Waals surface area contributed by atoms with Crippen molar-refractivity contribution in [2.45, 2.75) is 70.9 Å². The van der Waals surface area contributed by atoms with Gasteiger partial charge in [0.25, 0.3) is 0 Å². The van der Waals surface area contributed by atoms with E-state index in [4.69, 9.17) is 4.74 Å². The molecule has 4 heteroatoms. The van der Waals surface area contributed by atoms with Crippen LogP contribution in [0.1, 0.15) is 58.8 Å². The van der Waals surface area contributed by atoms with E-state index in [1.165, 1.54) is 58.0 Å². The smallest absolute Gasteiger partial charge is 0.193 e. The number of fused-ring (bicyclic) bond motifs is 1. The van der Waals surface area contributed by atoms with Gasteiger partial charge >= 0.3 is 0 Å². The SMILES string of the molecule is CN=C(NC1C2CCOC2C1(C)C)N1CCC2(CCCCC2)C1. The maximum atomic E-state index is 5.93. The topological polar surface area (TPSA) is 36.9 Å². The van der Waals surface area contributed by atoms with Gasteiger partial charge in [0, 0.05) is 44.1 Å². The molecule has 0 bridgehead atoms. The summed E-state index contributed by atoms with van der Waals surface area (Å²) in [4.78, 5) is 7.17. The van der Waals surface area contributed by atoms with Crippen LogP contribution in [0.3, 0.4) is 0 Å². The second-order valence-electron chi connectivity index (χ2n) is 8.97.